The van der Waals surface area contributed by atoms with E-state index in [1.165, 1.54) is 7.11 Å². The Morgan fingerprint density at radius 1 is 1.31 bits per heavy atom. The van der Waals surface area contributed by atoms with Gasteiger partial charge in [0.15, 0.2) is 11.6 Å². The van der Waals surface area contributed by atoms with Gasteiger partial charge in [0.2, 0.25) is 0 Å². The van der Waals surface area contributed by atoms with Crippen molar-refractivity contribution in [1.82, 2.24) is 0 Å². The van der Waals surface area contributed by atoms with Gasteiger partial charge < -0.3 is 10.5 Å². The lowest BCUT2D eigenvalue weighted by molar-refractivity contribution is 0.381. The first-order valence-electron chi connectivity index (χ1n) is 3.84. The molecule has 1 aromatic carbocycles. The minimum Gasteiger partial charge on any atom is -0.494 e. The molecule has 0 aliphatic heterocycles. The van der Waals surface area contributed by atoms with Crippen LogP contribution in [0.25, 0.3) is 0 Å². The molecule has 72 valence electrons. The number of rotatable bonds is 2. The molecule has 2 N–H and O–H groups in total. The van der Waals surface area contributed by atoms with Gasteiger partial charge in [0.1, 0.15) is 5.82 Å². The van der Waals surface area contributed by atoms with E-state index in [1.807, 2.05) is 0 Å². The Morgan fingerprint density at radius 3 is 2.38 bits per heavy atom. The summed E-state index contributed by atoms with van der Waals surface area (Å²) in [5.74, 6) is -1.26. The van der Waals surface area contributed by atoms with Gasteiger partial charge in [-0.15, -0.1) is 0 Å². The van der Waals surface area contributed by atoms with Crippen molar-refractivity contribution >= 4 is 0 Å². The van der Waals surface area contributed by atoms with E-state index < -0.39 is 17.7 Å². The lowest BCUT2D eigenvalue weighted by atomic mass is 10.1. The molecule has 0 aromatic heterocycles. The largest absolute Gasteiger partial charge is 0.494 e. The van der Waals surface area contributed by atoms with E-state index in [1.54, 1.807) is 6.92 Å². The number of methoxy groups -OCH3 is 1. The smallest absolute Gasteiger partial charge is 0.165 e. The summed E-state index contributed by atoms with van der Waals surface area (Å²) in [4.78, 5) is 0. The zero-order chi connectivity index (χ0) is 10.0. The van der Waals surface area contributed by atoms with Crippen LogP contribution in [0.5, 0.6) is 5.75 Å². The molecule has 0 spiro atoms. The molecule has 4 heteroatoms. The van der Waals surface area contributed by atoms with Crippen LogP contribution < -0.4 is 10.5 Å². The highest BCUT2D eigenvalue weighted by Crippen LogP contribution is 2.23. The molecule has 0 bridgehead atoms. The molecule has 0 fully saturated rings. The van der Waals surface area contributed by atoms with E-state index in [0.717, 1.165) is 12.1 Å². The van der Waals surface area contributed by atoms with Gasteiger partial charge in [0, 0.05) is 17.7 Å². The molecule has 0 saturated heterocycles. The van der Waals surface area contributed by atoms with Crippen LogP contribution in [0, 0.1) is 11.6 Å². The highest BCUT2D eigenvalue weighted by atomic mass is 19.1. The highest BCUT2D eigenvalue weighted by Gasteiger charge is 2.12. The highest BCUT2D eigenvalue weighted by molar-refractivity contribution is 5.32. The Hall–Kier alpha value is -1.16. The van der Waals surface area contributed by atoms with Gasteiger partial charge in [-0.3, -0.25) is 0 Å². The van der Waals surface area contributed by atoms with Crippen LogP contribution in [-0.2, 0) is 0 Å². The van der Waals surface area contributed by atoms with Gasteiger partial charge in [-0.1, -0.05) is 0 Å². The number of nitrogens with two attached hydrogens (primary N) is 1. The van der Waals surface area contributed by atoms with Gasteiger partial charge >= 0.3 is 0 Å². The van der Waals surface area contributed by atoms with Crippen molar-refractivity contribution < 1.29 is 13.5 Å². The Labute approximate surface area is 75.3 Å². The zero-order valence-corrected chi connectivity index (χ0v) is 7.47. The molecule has 0 aliphatic carbocycles. The topological polar surface area (TPSA) is 35.2 Å². The first kappa shape index (κ1) is 9.92. The zero-order valence-electron chi connectivity index (χ0n) is 7.47. The third-order valence-electron chi connectivity index (χ3n) is 1.76. The van der Waals surface area contributed by atoms with Gasteiger partial charge in [0.25, 0.3) is 0 Å². The monoisotopic (exact) mass is 187 g/mol. The van der Waals surface area contributed by atoms with Crippen molar-refractivity contribution in [2.45, 2.75) is 13.0 Å². The molecule has 2 nitrogen and oxygen atoms in total. The summed E-state index contributed by atoms with van der Waals surface area (Å²) in [6, 6.07) is 1.52. The predicted molar refractivity (Wildman–Crippen MR) is 45.5 cm³/mol. The Bertz CT molecular complexity index is 313. The van der Waals surface area contributed by atoms with E-state index >= 15 is 0 Å². The van der Waals surface area contributed by atoms with Crippen molar-refractivity contribution in [1.29, 1.82) is 0 Å². The van der Waals surface area contributed by atoms with Gasteiger partial charge in [-0.2, -0.15) is 0 Å². The number of ether oxygens (including phenoxy) is 1. The quantitative estimate of drug-likeness (QED) is 0.768. The van der Waals surface area contributed by atoms with E-state index in [9.17, 15) is 8.78 Å². The second-order valence-electron chi connectivity index (χ2n) is 2.80. The summed E-state index contributed by atoms with van der Waals surface area (Å²) >= 11 is 0. The maximum atomic E-state index is 13.1. The molecule has 0 aliphatic rings. The molecule has 0 radical (unpaired) electrons. The molecule has 1 rings (SSSR count). The molecule has 0 amide bonds. The second kappa shape index (κ2) is 3.70. The van der Waals surface area contributed by atoms with Crippen molar-refractivity contribution in [3.05, 3.63) is 29.3 Å². The summed E-state index contributed by atoms with van der Waals surface area (Å²) in [6.07, 6.45) is 0. The van der Waals surface area contributed by atoms with E-state index in [2.05, 4.69) is 4.74 Å². The summed E-state index contributed by atoms with van der Waals surface area (Å²) in [7, 11) is 1.28. The minimum absolute atomic E-state index is 0.109. The molecular weight excluding hydrogens is 176 g/mol. The van der Waals surface area contributed by atoms with Gasteiger partial charge in [-0.25, -0.2) is 8.78 Å². The lowest BCUT2D eigenvalue weighted by Crippen LogP contribution is -2.08. The number of hydrogen-bond donors (Lipinski definition) is 1. The Kier molecular flexibility index (Phi) is 2.83. The van der Waals surface area contributed by atoms with Crippen LogP contribution in [0.15, 0.2) is 12.1 Å². The Balaban J connectivity index is 3.20. The molecule has 0 unspecified atom stereocenters. The average molecular weight is 187 g/mol. The summed E-state index contributed by atoms with van der Waals surface area (Å²) < 4.78 is 30.8. The van der Waals surface area contributed by atoms with Crippen molar-refractivity contribution in [3.8, 4) is 5.75 Å². The van der Waals surface area contributed by atoms with Crippen LogP contribution in [0.3, 0.4) is 0 Å². The van der Waals surface area contributed by atoms with E-state index in [-0.39, 0.29) is 11.3 Å². The number of hydrogen-bond acceptors (Lipinski definition) is 2. The fourth-order valence-corrected chi connectivity index (χ4v) is 1.05. The summed E-state index contributed by atoms with van der Waals surface area (Å²) in [5, 5.41) is 0. The van der Waals surface area contributed by atoms with Crippen molar-refractivity contribution in [2.24, 2.45) is 5.73 Å². The van der Waals surface area contributed by atoms with Crippen LogP contribution >= 0.6 is 0 Å². The molecule has 0 saturated carbocycles. The molecule has 1 atom stereocenters. The second-order valence-corrected chi connectivity index (χ2v) is 2.80. The molecule has 13 heavy (non-hydrogen) atoms. The SMILES string of the molecule is COc1cc(F)c([C@H](C)N)cc1F. The van der Waals surface area contributed by atoms with Crippen LogP contribution in [-0.4, -0.2) is 7.11 Å². The molecule has 0 heterocycles. The van der Waals surface area contributed by atoms with Crippen LogP contribution in [0.1, 0.15) is 18.5 Å². The van der Waals surface area contributed by atoms with Crippen LogP contribution in [0.2, 0.25) is 0 Å². The number of halogens is 2. The van der Waals surface area contributed by atoms with E-state index in [0.29, 0.717) is 0 Å². The van der Waals surface area contributed by atoms with E-state index in [4.69, 9.17) is 5.73 Å². The fourth-order valence-electron chi connectivity index (χ4n) is 1.05. The summed E-state index contributed by atoms with van der Waals surface area (Å²) in [5.41, 5.74) is 5.58. The predicted octanol–water partition coefficient (Wildman–Crippen LogP) is 1.99. The first-order chi connectivity index (χ1) is 6.06. The minimum atomic E-state index is -0.601. The van der Waals surface area contributed by atoms with Gasteiger partial charge in [-0.05, 0) is 13.0 Å². The standard InChI is InChI=1S/C9H11F2NO/c1-5(12)6-3-8(11)9(13-2)4-7(6)10/h3-5H,12H2,1-2H3/t5-/m0/s1. The maximum Gasteiger partial charge on any atom is 0.165 e. The number of benzene rings is 1. The Morgan fingerprint density at radius 2 is 1.92 bits per heavy atom. The van der Waals surface area contributed by atoms with Gasteiger partial charge in [0.05, 0.1) is 7.11 Å². The third-order valence-corrected chi connectivity index (χ3v) is 1.76. The fraction of sp³-hybridized carbons (Fsp3) is 0.333. The lowest BCUT2D eigenvalue weighted by Gasteiger charge is -2.09. The maximum absolute atomic E-state index is 13.1. The van der Waals surface area contributed by atoms with Crippen molar-refractivity contribution in [3.63, 3.8) is 0 Å². The molecule has 1 aromatic rings. The van der Waals surface area contributed by atoms with Crippen molar-refractivity contribution in [2.75, 3.05) is 7.11 Å². The summed E-state index contributed by atoms with van der Waals surface area (Å²) in [6.45, 7) is 1.59. The first-order valence-corrected chi connectivity index (χ1v) is 3.84. The average Bonchev–Trinajstić information content (AvgIpc) is 2.07. The molecular formula is C9H11F2NO. The normalized spacial score (nSPS) is 12.7. The van der Waals surface area contributed by atoms with Crippen LogP contribution in [0.4, 0.5) is 8.78 Å². The third kappa shape index (κ3) is 1.95.